The predicted octanol–water partition coefficient (Wildman–Crippen LogP) is 4.87. The zero-order chi connectivity index (χ0) is 19.4. The van der Waals surface area contributed by atoms with Crippen LogP contribution >= 0.6 is 34.3 Å². The van der Waals surface area contributed by atoms with Gasteiger partial charge in [-0.05, 0) is 30.0 Å². The molecule has 0 aliphatic carbocycles. The second-order valence-electron chi connectivity index (χ2n) is 5.77. The Morgan fingerprint density at radius 1 is 1.30 bits per heavy atom. The van der Waals surface area contributed by atoms with E-state index in [9.17, 15) is 9.59 Å². The summed E-state index contributed by atoms with van der Waals surface area (Å²) < 4.78 is 4.76. The van der Waals surface area contributed by atoms with E-state index in [-0.39, 0.29) is 12.3 Å². The quantitative estimate of drug-likeness (QED) is 0.578. The largest absolute Gasteiger partial charge is 0.469 e. The number of carbonyl (C=O) groups is 2. The Bertz CT molecular complexity index is 954. The van der Waals surface area contributed by atoms with Crippen LogP contribution in [-0.4, -0.2) is 24.0 Å². The molecular weight excluding hydrogens is 404 g/mol. The standard InChI is InChI=1S/C19H17ClN2O3S2/c1-11-17(27-19(21-11)12-7-8-26-10-12)18(24)22-15(9-16(23)25-2)13-5-3-4-6-14(13)20/h3-8,10,15H,9H2,1-2H3,(H,22,24). The summed E-state index contributed by atoms with van der Waals surface area (Å²) in [4.78, 5) is 29.7. The highest BCUT2D eigenvalue weighted by molar-refractivity contribution is 7.17. The van der Waals surface area contributed by atoms with Crippen LogP contribution in [0.15, 0.2) is 41.1 Å². The lowest BCUT2D eigenvalue weighted by molar-refractivity contribution is -0.141. The van der Waals surface area contributed by atoms with Gasteiger partial charge in [-0.25, -0.2) is 4.98 Å². The molecule has 1 N–H and O–H groups in total. The van der Waals surface area contributed by atoms with E-state index in [1.54, 1.807) is 36.5 Å². The molecule has 0 radical (unpaired) electrons. The van der Waals surface area contributed by atoms with E-state index in [1.165, 1.54) is 18.4 Å². The van der Waals surface area contributed by atoms with Crippen LogP contribution in [0, 0.1) is 6.92 Å². The van der Waals surface area contributed by atoms with E-state index in [0.29, 0.717) is 21.2 Å². The number of esters is 1. The molecule has 0 saturated heterocycles. The van der Waals surface area contributed by atoms with Crippen molar-refractivity contribution in [1.82, 2.24) is 10.3 Å². The van der Waals surface area contributed by atoms with E-state index < -0.39 is 12.0 Å². The minimum absolute atomic E-state index is 0.0127. The molecule has 5 nitrogen and oxygen atoms in total. The van der Waals surface area contributed by atoms with Gasteiger partial charge in [0.05, 0.1) is 25.3 Å². The van der Waals surface area contributed by atoms with Crippen LogP contribution in [-0.2, 0) is 9.53 Å². The zero-order valence-corrected chi connectivity index (χ0v) is 17.1. The van der Waals surface area contributed by atoms with Crippen LogP contribution in [0.25, 0.3) is 10.6 Å². The third-order valence-electron chi connectivity index (χ3n) is 3.96. The molecule has 0 saturated carbocycles. The first-order valence-corrected chi connectivity index (χ1v) is 10.3. The summed E-state index contributed by atoms with van der Waals surface area (Å²) in [5.41, 5.74) is 2.30. The molecule has 1 atom stereocenters. The maximum Gasteiger partial charge on any atom is 0.307 e. The number of hydrogen-bond acceptors (Lipinski definition) is 6. The maximum atomic E-state index is 12.9. The van der Waals surface area contributed by atoms with Gasteiger partial charge < -0.3 is 10.1 Å². The minimum Gasteiger partial charge on any atom is -0.469 e. The maximum absolute atomic E-state index is 12.9. The normalized spacial score (nSPS) is 11.8. The summed E-state index contributed by atoms with van der Waals surface area (Å²) in [5, 5.41) is 8.13. The van der Waals surface area contributed by atoms with Gasteiger partial charge in [0, 0.05) is 16.0 Å². The fraction of sp³-hybridized carbons (Fsp3) is 0.211. The van der Waals surface area contributed by atoms with Crippen molar-refractivity contribution in [1.29, 1.82) is 0 Å². The molecule has 1 amide bonds. The molecule has 27 heavy (non-hydrogen) atoms. The summed E-state index contributed by atoms with van der Waals surface area (Å²) >= 11 is 9.17. The van der Waals surface area contributed by atoms with Crippen molar-refractivity contribution in [2.75, 3.05) is 7.11 Å². The van der Waals surface area contributed by atoms with Gasteiger partial charge in [-0.3, -0.25) is 9.59 Å². The first-order chi connectivity index (χ1) is 13.0. The van der Waals surface area contributed by atoms with Crippen LogP contribution in [0.1, 0.15) is 33.4 Å². The molecular formula is C19H17ClN2O3S2. The van der Waals surface area contributed by atoms with Crippen molar-refractivity contribution < 1.29 is 14.3 Å². The number of carbonyl (C=O) groups excluding carboxylic acids is 2. The lowest BCUT2D eigenvalue weighted by atomic mass is 10.0. The van der Waals surface area contributed by atoms with Crippen molar-refractivity contribution in [3.05, 3.63) is 62.2 Å². The summed E-state index contributed by atoms with van der Waals surface area (Å²) in [6.07, 6.45) is -0.0127. The van der Waals surface area contributed by atoms with Crippen LogP contribution < -0.4 is 5.32 Å². The molecule has 1 aromatic carbocycles. The molecule has 0 bridgehead atoms. The van der Waals surface area contributed by atoms with Crippen LogP contribution in [0.2, 0.25) is 5.02 Å². The van der Waals surface area contributed by atoms with Crippen molar-refractivity contribution in [3.63, 3.8) is 0 Å². The number of ether oxygens (including phenoxy) is 1. The van der Waals surface area contributed by atoms with Crippen LogP contribution in [0.4, 0.5) is 0 Å². The van der Waals surface area contributed by atoms with E-state index >= 15 is 0 Å². The van der Waals surface area contributed by atoms with Crippen LogP contribution in [0.3, 0.4) is 0 Å². The number of aromatic nitrogens is 1. The Morgan fingerprint density at radius 2 is 2.07 bits per heavy atom. The Labute approximate surface area is 170 Å². The number of benzene rings is 1. The third-order valence-corrected chi connectivity index (χ3v) is 6.19. The highest BCUT2D eigenvalue weighted by Crippen LogP contribution is 2.31. The Balaban J connectivity index is 1.86. The lowest BCUT2D eigenvalue weighted by Gasteiger charge is -2.19. The molecule has 1 unspecified atom stereocenters. The first kappa shape index (κ1) is 19.5. The highest BCUT2D eigenvalue weighted by atomic mass is 35.5. The van der Waals surface area contributed by atoms with Crippen LogP contribution in [0.5, 0.6) is 0 Å². The van der Waals surface area contributed by atoms with Gasteiger partial charge in [-0.1, -0.05) is 29.8 Å². The van der Waals surface area contributed by atoms with E-state index in [4.69, 9.17) is 16.3 Å². The summed E-state index contributed by atoms with van der Waals surface area (Å²) in [5.74, 6) is -0.722. The van der Waals surface area contributed by atoms with Gasteiger partial charge in [-0.15, -0.1) is 11.3 Å². The summed E-state index contributed by atoms with van der Waals surface area (Å²) in [6.45, 7) is 1.80. The third kappa shape index (κ3) is 4.55. The SMILES string of the molecule is COC(=O)CC(NC(=O)c1sc(-c2ccsc2)nc1C)c1ccccc1Cl. The second kappa shape index (κ2) is 8.65. The number of thiazole rings is 1. The van der Waals surface area contributed by atoms with E-state index in [0.717, 1.165) is 10.6 Å². The zero-order valence-electron chi connectivity index (χ0n) is 14.7. The van der Waals surface area contributed by atoms with Gasteiger partial charge in [-0.2, -0.15) is 11.3 Å². The number of thiophene rings is 1. The number of amides is 1. The van der Waals surface area contributed by atoms with E-state index in [2.05, 4.69) is 10.3 Å². The van der Waals surface area contributed by atoms with Gasteiger partial charge in [0.25, 0.3) is 5.91 Å². The molecule has 0 fully saturated rings. The molecule has 2 heterocycles. The molecule has 3 aromatic rings. The topological polar surface area (TPSA) is 68.3 Å². The molecule has 2 aromatic heterocycles. The predicted molar refractivity (Wildman–Crippen MR) is 108 cm³/mol. The fourth-order valence-electron chi connectivity index (χ4n) is 2.59. The average Bonchev–Trinajstić information content (AvgIpc) is 3.31. The molecule has 0 spiro atoms. The number of aryl methyl sites for hydroxylation is 1. The Kier molecular flexibility index (Phi) is 6.26. The summed E-state index contributed by atoms with van der Waals surface area (Å²) in [7, 11) is 1.31. The number of nitrogens with zero attached hydrogens (tertiary/aromatic N) is 1. The Hall–Kier alpha value is -2.22. The number of nitrogens with one attached hydrogen (secondary N) is 1. The molecule has 140 valence electrons. The number of hydrogen-bond donors (Lipinski definition) is 1. The second-order valence-corrected chi connectivity index (χ2v) is 7.96. The van der Waals surface area contributed by atoms with Crippen molar-refractivity contribution in [2.24, 2.45) is 0 Å². The van der Waals surface area contributed by atoms with E-state index in [1.807, 2.05) is 22.9 Å². The number of halogens is 1. The molecule has 0 aliphatic heterocycles. The van der Waals surface area contributed by atoms with Crippen molar-refractivity contribution in [2.45, 2.75) is 19.4 Å². The molecule has 3 rings (SSSR count). The fourth-order valence-corrected chi connectivity index (χ4v) is 4.54. The first-order valence-electron chi connectivity index (χ1n) is 8.11. The van der Waals surface area contributed by atoms with Crippen molar-refractivity contribution >= 4 is 46.2 Å². The number of rotatable bonds is 6. The molecule has 0 aliphatic rings. The van der Waals surface area contributed by atoms with Gasteiger partial charge in [0.15, 0.2) is 0 Å². The summed E-state index contributed by atoms with van der Waals surface area (Å²) in [6, 6.07) is 8.49. The highest BCUT2D eigenvalue weighted by Gasteiger charge is 2.24. The number of methoxy groups -OCH3 is 1. The van der Waals surface area contributed by atoms with Gasteiger partial charge in [0.1, 0.15) is 9.88 Å². The van der Waals surface area contributed by atoms with Gasteiger partial charge >= 0.3 is 5.97 Å². The lowest BCUT2D eigenvalue weighted by Crippen LogP contribution is -2.30. The minimum atomic E-state index is -0.593. The van der Waals surface area contributed by atoms with Gasteiger partial charge in [0.2, 0.25) is 0 Å². The molecule has 8 heteroatoms. The smallest absolute Gasteiger partial charge is 0.307 e. The van der Waals surface area contributed by atoms with Crippen molar-refractivity contribution in [3.8, 4) is 10.6 Å². The Morgan fingerprint density at radius 3 is 2.74 bits per heavy atom. The average molecular weight is 421 g/mol. The monoisotopic (exact) mass is 420 g/mol.